The molecule has 2 atom stereocenters. The molecule has 0 bridgehead atoms. The molecule has 1 aliphatic rings. The van der Waals surface area contributed by atoms with E-state index in [1.54, 1.807) is 0 Å². The van der Waals surface area contributed by atoms with Gasteiger partial charge in [-0.3, -0.25) is 4.79 Å². The summed E-state index contributed by atoms with van der Waals surface area (Å²) in [5.41, 5.74) is 0. The Hall–Kier alpha value is -1.34. The van der Waals surface area contributed by atoms with Gasteiger partial charge in [0.15, 0.2) is 6.10 Å². The van der Waals surface area contributed by atoms with Gasteiger partial charge in [0, 0.05) is 13.2 Å². The van der Waals surface area contributed by atoms with Crippen LogP contribution >= 0.6 is 0 Å². The topological polar surface area (TPSA) is 102 Å². The molecular formula is C13H22O7. The third-order valence-electron chi connectivity index (χ3n) is 3.07. The Morgan fingerprint density at radius 2 is 1.95 bits per heavy atom. The van der Waals surface area contributed by atoms with Crippen LogP contribution in [0.15, 0.2) is 0 Å². The van der Waals surface area contributed by atoms with Gasteiger partial charge in [-0.05, 0) is 25.7 Å². The molecule has 7 heteroatoms. The summed E-state index contributed by atoms with van der Waals surface area (Å²) in [5, 5.41) is 17.6. The Labute approximate surface area is 117 Å². The maximum atomic E-state index is 11.9. The summed E-state index contributed by atoms with van der Waals surface area (Å²) in [6.07, 6.45) is 1.76. The van der Waals surface area contributed by atoms with E-state index in [0.29, 0.717) is 25.7 Å². The standard InChI is InChI=1S/C13H22O7/c14-6-2-1-4-10(5-3-7-15)12(16)18-8-11-9-19-13(17)20-11/h10-11,14-15H,1-9H2. The third kappa shape index (κ3) is 6.21. The zero-order valence-corrected chi connectivity index (χ0v) is 11.5. The fraction of sp³-hybridized carbons (Fsp3) is 0.846. The van der Waals surface area contributed by atoms with Crippen LogP contribution in [0.2, 0.25) is 0 Å². The van der Waals surface area contributed by atoms with E-state index in [1.807, 2.05) is 0 Å². The molecule has 7 nitrogen and oxygen atoms in total. The van der Waals surface area contributed by atoms with Crippen LogP contribution in [-0.2, 0) is 19.0 Å². The molecule has 0 aromatic rings. The minimum atomic E-state index is -0.745. The number of hydrogen-bond donors (Lipinski definition) is 2. The van der Waals surface area contributed by atoms with Gasteiger partial charge >= 0.3 is 12.1 Å². The summed E-state index contributed by atoms with van der Waals surface area (Å²) >= 11 is 0. The Morgan fingerprint density at radius 1 is 1.25 bits per heavy atom. The van der Waals surface area contributed by atoms with Crippen LogP contribution in [0.3, 0.4) is 0 Å². The van der Waals surface area contributed by atoms with Gasteiger partial charge in [-0.15, -0.1) is 0 Å². The molecule has 0 aromatic carbocycles. The van der Waals surface area contributed by atoms with Crippen molar-refractivity contribution in [3.8, 4) is 0 Å². The predicted molar refractivity (Wildman–Crippen MR) is 67.9 cm³/mol. The molecule has 1 fully saturated rings. The molecule has 1 saturated heterocycles. The predicted octanol–water partition coefficient (Wildman–Crippen LogP) is 0.616. The van der Waals surface area contributed by atoms with Crippen molar-refractivity contribution in [2.45, 2.75) is 38.2 Å². The second-order valence-electron chi connectivity index (χ2n) is 4.71. The number of esters is 1. The molecule has 0 spiro atoms. The maximum Gasteiger partial charge on any atom is 0.508 e. The lowest BCUT2D eigenvalue weighted by molar-refractivity contribution is -0.151. The van der Waals surface area contributed by atoms with Gasteiger partial charge in [-0.2, -0.15) is 0 Å². The average Bonchev–Trinajstić information content (AvgIpc) is 2.86. The van der Waals surface area contributed by atoms with Crippen molar-refractivity contribution in [2.24, 2.45) is 5.92 Å². The van der Waals surface area contributed by atoms with Crippen molar-refractivity contribution in [1.82, 2.24) is 0 Å². The van der Waals surface area contributed by atoms with E-state index in [2.05, 4.69) is 4.74 Å². The number of aliphatic hydroxyl groups is 2. The summed E-state index contributed by atoms with van der Waals surface area (Å²) < 4.78 is 14.5. The van der Waals surface area contributed by atoms with Gasteiger partial charge in [0.25, 0.3) is 0 Å². The van der Waals surface area contributed by atoms with E-state index in [4.69, 9.17) is 19.7 Å². The summed E-state index contributed by atoms with van der Waals surface area (Å²) in [6, 6.07) is 0. The van der Waals surface area contributed by atoms with Crippen LogP contribution in [0.5, 0.6) is 0 Å². The molecule has 0 radical (unpaired) electrons. The second-order valence-corrected chi connectivity index (χ2v) is 4.71. The first-order valence-corrected chi connectivity index (χ1v) is 6.89. The second kappa shape index (κ2) is 9.55. The molecule has 0 aromatic heterocycles. The van der Waals surface area contributed by atoms with E-state index in [1.165, 1.54) is 0 Å². The van der Waals surface area contributed by atoms with Gasteiger partial charge in [0.05, 0.1) is 5.92 Å². The number of rotatable bonds is 10. The van der Waals surface area contributed by atoms with E-state index in [0.717, 1.165) is 6.42 Å². The van der Waals surface area contributed by atoms with Crippen molar-refractivity contribution in [3.05, 3.63) is 0 Å². The first kappa shape index (κ1) is 16.7. The molecule has 1 rings (SSSR count). The van der Waals surface area contributed by atoms with E-state index >= 15 is 0 Å². The summed E-state index contributed by atoms with van der Waals surface area (Å²) in [5.74, 6) is -0.661. The van der Waals surface area contributed by atoms with Gasteiger partial charge < -0.3 is 24.4 Å². The number of aliphatic hydroxyl groups excluding tert-OH is 2. The zero-order valence-electron chi connectivity index (χ0n) is 11.5. The molecule has 0 saturated carbocycles. The molecule has 20 heavy (non-hydrogen) atoms. The fourth-order valence-electron chi connectivity index (χ4n) is 1.96. The SMILES string of the molecule is O=C1OCC(COC(=O)C(CCCO)CCCCO)O1. The molecule has 1 aliphatic heterocycles. The Morgan fingerprint density at radius 3 is 2.55 bits per heavy atom. The largest absolute Gasteiger partial charge is 0.508 e. The van der Waals surface area contributed by atoms with Gasteiger partial charge in [0.2, 0.25) is 0 Å². The van der Waals surface area contributed by atoms with Crippen LogP contribution < -0.4 is 0 Å². The molecule has 2 unspecified atom stereocenters. The lowest BCUT2D eigenvalue weighted by atomic mass is 9.97. The highest BCUT2D eigenvalue weighted by Crippen LogP contribution is 2.17. The summed E-state index contributed by atoms with van der Waals surface area (Å²) in [6.45, 7) is 0.202. The number of ether oxygens (including phenoxy) is 3. The molecule has 0 aliphatic carbocycles. The van der Waals surface area contributed by atoms with Crippen molar-refractivity contribution < 1.29 is 34.0 Å². The molecule has 116 valence electrons. The van der Waals surface area contributed by atoms with Gasteiger partial charge in [-0.1, -0.05) is 6.42 Å². The number of cyclic esters (lactones) is 2. The zero-order chi connectivity index (χ0) is 14.8. The van der Waals surface area contributed by atoms with Crippen LogP contribution in [0, 0.1) is 5.92 Å². The Bertz CT molecular complexity index is 305. The lowest BCUT2D eigenvalue weighted by Gasteiger charge is -2.16. The first-order valence-electron chi connectivity index (χ1n) is 6.89. The number of unbranched alkanes of at least 4 members (excludes halogenated alkanes) is 1. The highest BCUT2D eigenvalue weighted by Gasteiger charge is 2.27. The van der Waals surface area contributed by atoms with Crippen LogP contribution in [0.25, 0.3) is 0 Å². The highest BCUT2D eigenvalue weighted by molar-refractivity contribution is 5.72. The average molecular weight is 290 g/mol. The Kier molecular flexibility index (Phi) is 7.98. The van der Waals surface area contributed by atoms with E-state index in [-0.39, 0.29) is 38.3 Å². The minimum absolute atomic E-state index is 0.0137. The molecule has 1 heterocycles. The van der Waals surface area contributed by atoms with Crippen LogP contribution in [0.1, 0.15) is 32.1 Å². The van der Waals surface area contributed by atoms with Crippen molar-refractivity contribution in [1.29, 1.82) is 0 Å². The number of carbonyl (C=O) groups is 2. The Balaban J connectivity index is 2.30. The normalized spacial score (nSPS) is 19.3. The third-order valence-corrected chi connectivity index (χ3v) is 3.07. The summed E-state index contributed by atoms with van der Waals surface area (Å²) in [4.78, 5) is 22.6. The van der Waals surface area contributed by atoms with E-state index < -0.39 is 12.3 Å². The number of hydrogen-bond acceptors (Lipinski definition) is 7. The van der Waals surface area contributed by atoms with Crippen LogP contribution in [0.4, 0.5) is 4.79 Å². The van der Waals surface area contributed by atoms with Gasteiger partial charge in [0.1, 0.15) is 13.2 Å². The van der Waals surface area contributed by atoms with E-state index in [9.17, 15) is 9.59 Å². The number of carbonyl (C=O) groups excluding carboxylic acids is 2. The van der Waals surface area contributed by atoms with Crippen molar-refractivity contribution >= 4 is 12.1 Å². The fourth-order valence-corrected chi connectivity index (χ4v) is 1.96. The molecule has 2 N–H and O–H groups in total. The smallest absolute Gasteiger partial charge is 0.461 e. The minimum Gasteiger partial charge on any atom is -0.461 e. The quantitative estimate of drug-likeness (QED) is 0.449. The van der Waals surface area contributed by atoms with Gasteiger partial charge in [-0.25, -0.2) is 4.79 Å². The monoisotopic (exact) mass is 290 g/mol. The summed E-state index contributed by atoms with van der Waals surface area (Å²) in [7, 11) is 0. The maximum absolute atomic E-state index is 11.9. The van der Waals surface area contributed by atoms with Crippen LogP contribution in [-0.4, -0.2) is 54.9 Å². The van der Waals surface area contributed by atoms with Crippen molar-refractivity contribution in [3.63, 3.8) is 0 Å². The molecular weight excluding hydrogens is 268 g/mol. The van der Waals surface area contributed by atoms with Crippen molar-refractivity contribution in [2.75, 3.05) is 26.4 Å². The highest BCUT2D eigenvalue weighted by atomic mass is 16.8. The lowest BCUT2D eigenvalue weighted by Crippen LogP contribution is -2.25. The first-order chi connectivity index (χ1) is 9.67. The molecule has 0 amide bonds.